The third-order valence-corrected chi connectivity index (χ3v) is 3.31. The molecule has 3 nitrogen and oxygen atoms in total. The van der Waals surface area contributed by atoms with E-state index in [4.69, 9.17) is 10.5 Å². The Bertz CT molecular complexity index is 763. The van der Waals surface area contributed by atoms with Gasteiger partial charge < -0.3 is 15.8 Å². The van der Waals surface area contributed by atoms with E-state index in [0.717, 1.165) is 17.1 Å². The summed E-state index contributed by atoms with van der Waals surface area (Å²) >= 11 is 0. The fraction of sp³-hybridized carbons (Fsp3) is 0.111. The summed E-state index contributed by atoms with van der Waals surface area (Å²) in [5, 5.41) is 5.81. The van der Waals surface area contributed by atoms with Gasteiger partial charge in [0.2, 0.25) is 0 Å². The molecule has 3 rings (SSSR count). The van der Waals surface area contributed by atoms with Crippen molar-refractivity contribution in [2.24, 2.45) is 0 Å². The summed E-state index contributed by atoms with van der Waals surface area (Å²) in [6, 6.07) is 20.2. The second-order valence-corrected chi connectivity index (χ2v) is 4.88. The molecule has 0 aliphatic heterocycles. The number of hydrogen-bond acceptors (Lipinski definition) is 3. The van der Waals surface area contributed by atoms with Crippen molar-refractivity contribution in [1.82, 2.24) is 0 Å². The van der Waals surface area contributed by atoms with E-state index in [-0.39, 0.29) is 0 Å². The van der Waals surface area contributed by atoms with Crippen LogP contribution in [0.1, 0.15) is 6.92 Å². The largest absolute Gasteiger partial charge is 0.494 e. The van der Waals surface area contributed by atoms with Crippen LogP contribution in [0.3, 0.4) is 0 Å². The standard InChI is InChI=1S/C18H18N2O/c1-2-21-16-11-14(19)10-15(12-16)20-18-9-5-7-13-6-3-4-8-17(13)18/h3-12,20H,2,19H2,1H3. The van der Waals surface area contributed by atoms with Crippen LogP contribution in [0.5, 0.6) is 5.75 Å². The molecular weight excluding hydrogens is 260 g/mol. The van der Waals surface area contributed by atoms with Gasteiger partial charge in [-0.25, -0.2) is 0 Å². The lowest BCUT2D eigenvalue weighted by atomic mass is 10.1. The van der Waals surface area contributed by atoms with Gasteiger partial charge in [-0.2, -0.15) is 0 Å². The van der Waals surface area contributed by atoms with Crippen molar-refractivity contribution in [1.29, 1.82) is 0 Å². The fourth-order valence-corrected chi connectivity index (χ4v) is 2.43. The molecule has 3 heteroatoms. The Balaban J connectivity index is 1.98. The van der Waals surface area contributed by atoms with Gasteiger partial charge in [-0.1, -0.05) is 36.4 Å². The van der Waals surface area contributed by atoms with Crippen molar-refractivity contribution < 1.29 is 4.74 Å². The average molecular weight is 278 g/mol. The van der Waals surface area contributed by atoms with E-state index in [0.29, 0.717) is 12.3 Å². The molecule has 3 aromatic rings. The molecule has 106 valence electrons. The lowest BCUT2D eigenvalue weighted by Gasteiger charge is -2.12. The monoisotopic (exact) mass is 278 g/mol. The first-order valence-electron chi connectivity index (χ1n) is 7.04. The molecule has 0 saturated carbocycles. The lowest BCUT2D eigenvalue weighted by molar-refractivity contribution is 0.340. The van der Waals surface area contributed by atoms with Gasteiger partial charge >= 0.3 is 0 Å². The van der Waals surface area contributed by atoms with Gasteiger partial charge in [0.25, 0.3) is 0 Å². The molecule has 0 atom stereocenters. The highest BCUT2D eigenvalue weighted by molar-refractivity contribution is 5.95. The van der Waals surface area contributed by atoms with Crippen LogP contribution in [-0.2, 0) is 0 Å². The predicted molar refractivity (Wildman–Crippen MR) is 89.3 cm³/mol. The minimum atomic E-state index is 0.622. The van der Waals surface area contributed by atoms with Gasteiger partial charge in [0.1, 0.15) is 5.75 Å². The summed E-state index contributed by atoms with van der Waals surface area (Å²) in [5.74, 6) is 0.778. The van der Waals surface area contributed by atoms with Crippen molar-refractivity contribution in [3.8, 4) is 5.75 Å². The van der Waals surface area contributed by atoms with Crippen LogP contribution in [0.4, 0.5) is 17.1 Å². The number of fused-ring (bicyclic) bond motifs is 1. The highest BCUT2D eigenvalue weighted by Crippen LogP contribution is 2.29. The maximum absolute atomic E-state index is 5.94. The molecule has 0 radical (unpaired) electrons. The van der Waals surface area contributed by atoms with E-state index in [1.54, 1.807) is 0 Å². The zero-order valence-corrected chi connectivity index (χ0v) is 12.0. The number of hydrogen-bond donors (Lipinski definition) is 2. The van der Waals surface area contributed by atoms with Crippen molar-refractivity contribution in [3.63, 3.8) is 0 Å². The highest BCUT2D eigenvalue weighted by atomic mass is 16.5. The predicted octanol–water partition coefficient (Wildman–Crippen LogP) is 4.56. The van der Waals surface area contributed by atoms with Crippen molar-refractivity contribution >= 4 is 27.8 Å². The number of rotatable bonds is 4. The molecule has 0 spiro atoms. The summed E-state index contributed by atoms with van der Waals surface area (Å²) in [7, 11) is 0. The van der Waals surface area contributed by atoms with Crippen LogP contribution in [0, 0.1) is 0 Å². The number of nitrogens with two attached hydrogens (primary N) is 1. The molecular formula is C18H18N2O. The Morgan fingerprint density at radius 2 is 1.81 bits per heavy atom. The molecule has 0 heterocycles. The first-order chi connectivity index (χ1) is 10.3. The van der Waals surface area contributed by atoms with E-state index in [1.165, 1.54) is 10.8 Å². The number of anilines is 3. The Labute approximate surface area is 124 Å². The van der Waals surface area contributed by atoms with Gasteiger partial charge in [0.15, 0.2) is 0 Å². The van der Waals surface area contributed by atoms with Crippen LogP contribution >= 0.6 is 0 Å². The topological polar surface area (TPSA) is 47.3 Å². The van der Waals surface area contributed by atoms with E-state index in [9.17, 15) is 0 Å². The zero-order valence-electron chi connectivity index (χ0n) is 12.0. The molecule has 0 aliphatic rings. The third kappa shape index (κ3) is 2.92. The summed E-state index contributed by atoms with van der Waals surface area (Å²) in [6.45, 7) is 2.58. The van der Waals surface area contributed by atoms with Crippen LogP contribution in [0.15, 0.2) is 60.7 Å². The average Bonchev–Trinajstić information content (AvgIpc) is 2.47. The van der Waals surface area contributed by atoms with Gasteiger partial charge in [-0.15, -0.1) is 0 Å². The van der Waals surface area contributed by atoms with Crippen molar-refractivity contribution in [2.75, 3.05) is 17.7 Å². The molecule has 21 heavy (non-hydrogen) atoms. The SMILES string of the molecule is CCOc1cc(N)cc(Nc2cccc3ccccc23)c1. The van der Waals surface area contributed by atoms with Crippen LogP contribution in [0.25, 0.3) is 10.8 Å². The second-order valence-electron chi connectivity index (χ2n) is 4.88. The van der Waals surface area contributed by atoms with Crippen molar-refractivity contribution in [3.05, 3.63) is 60.7 Å². The first-order valence-corrected chi connectivity index (χ1v) is 7.04. The minimum absolute atomic E-state index is 0.622. The van der Waals surface area contributed by atoms with Crippen molar-refractivity contribution in [2.45, 2.75) is 6.92 Å². The van der Waals surface area contributed by atoms with E-state index in [1.807, 2.05) is 43.3 Å². The second kappa shape index (κ2) is 5.75. The Morgan fingerprint density at radius 1 is 1.00 bits per heavy atom. The minimum Gasteiger partial charge on any atom is -0.494 e. The lowest BCUT2D eigenvalue weighted by Crippen LogP contribution is -1.97. The van der Waals surface area contributed by atoms with E-state index < -0.39 is 0 Å². The number of benzene rings is 3. The van der Waals surface area contributed by atoms with Gasteiger partial charge in [-0.3, -0.25) is 0 Å². The molecule has 0 amide bonds. The Morgan fingerprint density at radius 3 is 2.67 bits per heavy atom. The van der Waals surface area contributed by atoms with E-state index in [2.05, 4.69) is 29.6 Å². The van der Waals surface area contributed by atoms with Crippen LogP contribution < -0.4 is 15.8 Å². The van der Waals surface area contributed by atoms with Gasteiger partial charge in [-0.05, 0) is 24.4 Å². The molecule has 0 aromatic heterocycles. The van der Waals surface area contributed by atoms with Crippen LogP contribution in [-0.4, -0.2) is 6.61 Å². The maximum Gasteiger partial charge on any atom is 0.123 e. The van der Waals surface area contributed by atoms with Gasteiger partial charge in [0.05, 0.1) is 6.61 Å². The molecule has 0 aliphatic carbocycles. The number of nitrogens with one attached hydrogen (secondary N) is 1. The summed E-state index contributed by atoms with van der Waals surface area (Å²) in [4.78, 5) is 0. The number of nitrogen functional groups attached to an aromatic ring is 1. The summed E-state index contributed by atoms with van der Waals surface area (Å²) < 4.78 is 5.53. The fourth-order valence-electron chi connectivity index (χ4n) is 2.43. The highest BCUT2D eigenvalue weighted by Gasteiger charge is 2.03. The smallest absolute Gasteiger partial charge is 0.123 e. The molecule has 0 bridgehead atoms. The maximum atomic E-state index is 5.94. The zero-order chi connectivity index (χ0) is 14.7. The number of ether oxygens (including phenoxy) is 1. The molecule has 0 unspecified atom stereocenters. The Kier molecular flexibility index (Phi) is 3.65. The summed E-state index contributed by atoms with van der Waals surface area (Å²) in [6.07, 6.45) is 0. The molecule has 3 N–H and O–H groups in total. The normalized spacial score (nSPS) is 10.5. The molecule has 3 aromatic carbocycles. The van der Waals surface area contributed by atoms with Crippen LogP contribution in [0.2, 0.25) is 0 Å². The molecule has 0 saturated heterocycles. The Hall–Kier alpha value is -2.68. The summed E-state index contributed by atoms with van der Waals surface area (Å²) in [5.41, 5.74) is 8.60. The van der Waals surface area contributed by atoms with Gasteiger partial charge in [0, 0.05) is 34.6 Å². The first kappa shape index (κ1) is 13.3. The molecule has 0 fully saturated rings. The quantitative estimate of drug-likeness (QED) is 0.687. The third-order valence-electron chi connectivity index (χ3n) is 3.31. The van der Waals surface area contributed by atoms with E-state index >= 15 is 0 Å².